The Morgan fingerprint density at radius 3 is 2.84 bits per heavy atom. The molecule has 3 fully saturated rings. The number of nitrogens with zero attached hydrogens (tertiary/aromatic N) is 2. The molecule has 2 aliphatic heterocycles. The number of carbonyl (C=O) groups excluding carboxylic acids is 1. The van der Waals surface area contributed by atoms with E-state index in [1.54, 1.807) is 6.20 Å². The van der Waals surface area contributed by atoms with Crippen LogP contribution in [0.4, 0.5) is 5.69 Å². The van der Waals surface area contributed by atoms with Crippen LogP contribution in [0.3, 0.4) is 0 Å². The van der Waals surface area contributed by atoms with E-state index in [2.05, 4.69) is 15.2 Å². The van der Waals surface area contributed by atoms with Gasteiger partial charge in [-0.25, -0.2) is 0 Å². The summed E-state index contributed by atoms with van der Waals surface area (Å²) in [5, 5.41) is 3.19. The van der Waals surface area contributed by atoms with Gasteiger partial charge in [0.25, 0.3) is 5.91 Å². The van der Waals surface area contributed by atoms with Crippen molar-refractivity contribution in [2.24, 2.45) is 0 Å². The minimum Gasteiger partial charge on any atom is -0.378 e. The van der Waals surface area contributed by atoms with Gasteiger partial charge in [0.15, 0.2) is 0 Å². The van der Waals surface area contributed by atoms with Crippen molar-refractivity contribution in [1.29, 1.82) is 0 Å². The largest absolute Gasteiger partial charge is 0.378 e. The summed E-state index contributed by atoms with van der Waals surface area (Å²) >= 11 is 0. The van der Waals surface area contributed by atoms with Crippen molar-refractivity contribution >= 4 is 11.6 Å². The van der Waals surface area contributed by atoms with E-state index in [1.165, 1.54) is 12.8 Å². The number of pyridine rings is 1. The number of anilines is 1. The van der Waals surface area contributed by atoms with Crippen LogP contribution in [0.2, 0.25) is 0 Å². The van der Waals surface area contributed by atoms with Crippen LogP contribution < -0.4 is 10.2 Å². The van der Waals surface area contributed by atoms with E-state index in [0.717, 1.165) is 64.3 Å². The molecule has 0 bridgehead atoms. The van der Waals surface area contributed by atoms with Crippen LogP contribution in [0.25, 0.3) is 0 Å². The molecule has 1 saturated carbocycles. The van der Waals surface area contributed by atoms with E-state index in [4.69, 9.17) is 9.47 Å². The molecule has 6 nitrogen and oxygen atoms in total. The van der Waals surface area contributed by atoms with E-state index < -0.39 is 0 Å². The second kappa shape index (κ2) is 7.30. The van der Waals surface area contributed by atoms with Crippen molar-refractivity contribution in [3.63, 3.8) is 0 Å². The van der Waals surface area contributed by atoms with Gasteiger partial charge in [-0.3, -0.25) is 9.78 Å². The lowest BCUT2D eigenvalue weighted by Gasteiger charge is -2.38. The Morgan fingerprint density at radius 1 is 1.24 bits per heavy atom. The number of ether oxygens (including phenoxy) is 2. The number of hydrogen-bond acceptors (Lipinski definition) is 5. The van der Waals surface area contributed by atoms with Gasteiger partial charge in [0.2, 0.25) is 0 Å². The van der Waals surface area contributed by atoms with Gasteiger partial charge < -0.3 is 19.7 Å². The van der Waals surface area contributed by atoms with E-state index in [-0.39, 0.29) is 17.6 Å². The zero-order valence-corrected chi connectivity index (χ0v) is 14.7. The van der Waals surface area contributed by atoms with E-state index in [0.29, 0.717) is 5.69 Å². The number of amides is 1. The fourth-order valence-corrected chi connectivity index (χ4v) is 4.34. The fourth-order valence-electron chi connectivity index (χ4n) is 4.34. The first-order valence-electron chi connectivity index (χ1n) is 9.48. The van der Waals surface area contributed by atoms with Gasteiger partial charge in [0.1, 0.15) is 5.69 Å². The van der Waals surface area contributed by atoms with Gasteiger partial charge in [0.05, 0.1) is 18.8 Å². The average Bonchev–Trinajstić information content (AvgIpc) is 3.10. The molecule has 1 amide bonds. The highest BCUT2D eigenvalue weighted by molar-refractivity contribution is 5.93. The summed E-state index contributed by atoms with van der Waals surface area (Å²) in [6, 6.07) is 4.04. The highest BCUT2D eigenvalue weighted by Crippen LogP contribution is 2.40. The van der Waals surface area contributed by atoms with Crippen LogP contribution in [0.15, 0.2) is 18.3 Å². The van der Waals surface area contributed by atoms with Crippen molar-refractivity contribution in [2.45, 2.75) is 50.2 Å². The third-order valence-electron chi connectivity index (χ3n) is 5.70. The normalized spacial score (nSPS) is 25.9. The molecule has 25 heavy (non-hydrogen) atoms. The molecule has 4 rings (SSSR count). The summed E-state index contributed by atoms with van der Waals surface area (Å²) < 4.78 is 11.5. The van der Waals surface area contributed by atoms with Crippen molar-refractivity contribution < 1.29 is 14.3 Å². The van der Waals surface area contributed by atoms with E-state index in [9.17, 15) is 4.79 Å². The first-order valence-corrected chi connectivity index (χ1v) is 9.48. The standard InChI is InChI=1S/C19H27N3O3/c23-18(21-15-4-10-25-19(14-15)5-1-2-6-19)17-13-16(3-7-20-17)22-8-11-24-12-9-22/h3,7,13,15H,1-2,4-6,8-12,14H2,(H,21,23). The molecule has 6 heteroatoms. The number of aromatic nitrogens is 1. The number of nitrogens with one attached hydrogen (secondary N) is 1. The number of hydrogen-bond donors (Lipinski definition) is 1. The lowest BCUT2D eigenvalue weighted by molar-refractivity contribution is -0.0823. The minimum atomic E-state index is -0.0739. The zero-order valence-electron chi connectivity index (χ0n) is 14.7. The molecule has 0 aromatic carbocycles. The average molecular weight is 345 g/mol. The first kappa shape index (κ1) is 16.8. The van der Waals surface area contributed by atoms with Crippen LogP contribution in [0.5, 0.6) is 0 Å². The maximum Gasteiger partial charge on any atom is 0.270 e. The molecule has 1 unspecified atom stereocenters. The molecule has 1 aromatic heterocycles. The first-order chi connectivity index (χ1) is 12.2. The quantitative estimate of drug-likeness (QED) is 0.909. The predicted molar refractivity (Wildman–Crippen MR) is 94.9 cm³/mol. The Morgan fingerprint density at radius 2 is 2.04 bits per heavy atom. The molecule has 2 saturated heterocycles. The summed E-state index contributed by atoms with van der Waals surface area (Å²) in [7, 11) is 0. The van der Waals surface area contributed by atoms with Gasteiger partial charge in [0, 0.05) is 37.6 Å². The Labute approximate surface area is 148 Å². The Bertz CT molecular complexity index is 610. The molecule has 1 aromatic rings. The van der Waals surface area contributed by atoms with Crippen molar-refractivity contribution in [1.82, 2.24) is 10.3 Å². The van der Waals surface area contributed by atoms with Crippen LogP contribution in [0.1, 0.15) is 49.0 Å². The maximum atomic E-state index is 12.7. The Balaban J connectivity index is 1.40. The highest BCUT2D eigenvalue weighted by atomic mass is 16.5. The molecule has 1 atom stereocenters. The maximum absolute atomic E-state index is 12.7. The van der Waals surface area contributed by atoms with Crippen LogP contribution >= 0.6 is 0 Å². The summed E-state index contributed by atoms with van der Waals surface area (Å²) in [4.78, 5) is 19.2. The molecule has 0 radical (unpaired) electrons. The summed E-state index contributed by atoms with van der Waals surface area (Å²) in [6.07, 6.45) is 8.28. The molecule has 1 N–H and O–H groups in total. The van der Waals surface area contributed by atoms with Gasteiger partial charge >= 0.3 is 0 Å². The third kappa shape index (κ3) is 3.80. The van der Waals surface area contributed by atoms with Gasteiger partial charge in [-0.1, -0.05) is 12.8 Å². The van der Waals surface area contributed by atoms with E-state index in [1.807, 2.05) is 12.1 Å². The van der Waals surface area contributed by atoms with Gasteiger partial charge in [-0.2, -0.15) is 0 Å². The zero-order chi connectivity index (χ0) is 17.1. The van der Waals surface area contributed by atoms with Crippen molar-refractivity contribution in [3.05, 3.63) is 24.0 Å². The van der Waals surface area contributed by atoms with Gasteiger partial charge in [-0.05, 0) is 37.8 Å². The van der Waals surface area contributed by atoms with Crippen LogP contribution in [-0.4, -0.2) is 55.4 Å². The lowest BCUT2D eigenvalue weighted by atomic mass is 9.89. The lowest BCUT2D eigenvalue weighted by Crippen LogP contribution is -2.47. The molecular weight excluding hydrogens is 318 g/mol. The monoisotopic (exact) mass is 345 g/mol. The second-order valence-corrected chi connectivity index (χ2v) is 7.40. The molecule has 3 aliphatic rings. The Kier molecular flexibility index (Phi) is 4.90. The molecule has 3 heterocycles. The summed E-state index contributed by atoms with van der Waals surface area (Å²) in [5.74, 6) is -0.0739. The van der Waals surface area contributed by atoms with Crippen molar-refractivity contribution in [3.8, 4) is 0 Å². The minimum absolute atomic E-state index is 0.0132. The molecule has 1 aliphatic carbocycles. The molecule has 1 spiro atoms. The predicted octanol–water partition coefficient (Wildman–Crippen LogP) is 2.14. The van der Waals surface area contributed by atoms with Crippen LogP contribution in [-0.2, 0) is 9.47 Å². The topological polar surface area (TPSA) is 63.7 Å². The van der Waals surface area contributed by atoms with Crippen molar-refractivity contribution in [2.75, 3.05) is 37.8 Å². The summed E-state index contributed by atoms with van der Waals surface area (Å²) in [6.45, 7) is 3.91. The SMILES string of the molecule is O=C(NC1CCOC2(CCCC2)C1)c1cc(N2CCOCC2)ccn1. The fraction of sp³-hybridized carbons (Fsp3) is 0.684. The number of rotatable bonds is 3. The highest BCUT2D eigenvalue weighted by Gasteiger charge is 2.40. The van der Waals surface area contributed by atoms with Gasteiger partial charge in [-0.15, -0.1) is 0 Å². The Hall–Kier alpha value is -1.66. The number of carbonyl (C=O) groups is 1. The van der Waals surface area contributed by atoms with E-state index >= 15 is 0 Å². The molecule has 136 valence electrons. The number of morpholine rings is 1. The third-order valence-corrected chi connectivity index (χ3v) is 5.70. The van der Waals surface area contributed by atoms with Crippen LogP contribution in [0, 0.1) is 0 Å². The smallest absolute Gasteiger partial charge is 0.270 e. The molecular formula is C19H27N3O3. The summed E-state index contributed by atoms with van der Waals surface area (Å²) in [5.41, 5.74) is 1.55. The second-order valence-electron chi connectivity index (χ2n) is 7.40.